The van der Waals surface area contributed by atoms with Crippen LogP contribution >= 0.6 is 0 Å². The van der Waals surface area contributed by atoms with Gasteiger partial charge in [-0.15, -0.1) is 0 Å². The minimum Gasteiger partial charge on any atom is -0.393 e. The molecule has 0 aromatic carbocycles. The largest absolute Gasteiger partial charge is 0.393 e. The van der Waals surface area contributed by atoms with Gasteiger partial charge in [0.25, 0.3) is 0 Å². The number of aliphatic hydroxyl groups excluding tert-OH is 1. The monoisotopic (exact) mass is 272 g/mol. The van der Waals surface area contributed by atoms with E-state index in [0.29, 0.717) is 17.4 Å². The van der Waals surface area contributed by atoms with Crippen LogP contribution in [0.4, 0.5) is 0 Å². The SMILES string of the molecule is Cn1ccc(S(=O)(=O)NCC2CCC(O)CC2)c1. The first-order valence-corrected chi connectivity index (χ1v) is 7.75. The van der Waals surface area contributed by atoms with Gasteiger partial charge in [0, 0.05) is 26.0 Å². The number of nitrogens with zero attached hydrogens (tertiary/aromatic N) is 1. The number of hydrogen-bond donors (Lipinski definition) is 2. The number of nitrogens with one attached hydrogen (secondary N) is 1. The summed E-state index contributed by atoms with van der Waals surface area (Å²) in [5.41, 5.74) is 0. The fraction of sp³-hybridized carbons (Fsp3) is 0.667. The molecule has 0 unspecified atom stereocenters. The van der Waals surface area contributed by atoms with E-state index in [1.165, 1.54) is 0 Å². The van der Waals surface area contributed by atoms with E-state index in [1.54, 1.807) is 30.1 Å². The Morgan fingerprint density at radius 3 is 2.61 bits per heavy atom. The Morgan fingerprint density at radius 2 is 2.06 bits per heavy atom. The standard InChI is InChI=1S/C12H20N2O3S/c1-14-7-6-12(9-14)18(16,17)13-8-10-2-4-11(15)5-3-10/h6-7,9-11,13,15H,2-5,8H2,1H3. The van der Waals surface area contributed by atoms with Crippen LogP contribution in [0.1, 0.15) is 25.7 Å². The van der Waals surface area contributed by atoms with E-state index in [1.807, 2.05) is 0 Å². The van der Waals surface area contributed by atoms with E-state index in [2.05, 4.69) is 4.72 Å². The van der Waals surface area contributed by atoms with Crippen molar-refractivity contribution < 1.29 is 13.5 Å². The molecule has 5 nitrogen and oxygen atoms in total. The van der Waals surface area contributed by atoms with Crippen molar-refractivity contribution in [1.29, 1.82) is 0 Å². The maximum Gasteiger partial charge on any atom is 0.242 e. The van der Waals surface area contributed by atoms with Crippen LogP contribution in [0.15, 0.2) is 23.4 Å². The first-order valence-electron chi connectivity index (χ1n) is 6.27. The summed E-state index contributed by atoms with van der Waals surface area (Å²) in [4.78, 5) is 0.306. The van der Waals surface area contributed by atoms with Crippen LogP contribution in [0.5, 0.6) is 0 Å². The van der Waals surface area contributed by atoms with E-state index in [0.717, 1.165) is 25.7 Å². The molecule has 0 aliphatic heterocycles. The van der Waals surface area contributed by atoms with Gasteiger partial charge in [-0.2, -0.15) is 0 Å². The van der Waals surface area contributed by atoms with Crippen molar-refractivity contribution in [3.8, 4) is 0 Å². The van der Waals surface area contributed by atoms with E-state index < -0.39 is 10.0 Å². The third kappa shape index (κ3) is 3.34. The highest BCUT2D eigenvalue weighted by Crippen LogP contribution is 2.23. The van der Waals surface area contributed by atoms with E-state index >= 15 is 0 Å². The summed E-state index contributed by atoms with van der Waals surface area (Å²) in [6.07, 6.45) is 6.43. The highest BCUT2D eigenvalue weighted by molar-refractivity contribution is 7.89. The molecule has 0 spiro atoms. The Labute approximate surface area is 108 Å². The molecule has 0 bridgehead atoms. The molecule has 2 N–H and O–H groups in total. The Morgan fingerprint density at radius 1 is 1.39 bits per heavy atom. The van der Waals surface area contributed by atoms with Crippen LogP contribution in [-0.4, -0.2) is 30.7 Å². The van der Waals surface area contributed by atoms with E-state index in [-0.39, 0.29) is 6.10 Å². The van der Waals surface area contributed by atoms with Crippen molar-refractivity contribution in [1.82, 2.24) is 9.29 Å². The Balaban J connectivity index is 1.90. The van der Waals surface area contributed by atoms with Gasteiger partial charge in [-0.05, 0) is 37.7 Å². The predicted molar refractivity (Wildman–Crippen MR) is 68.6 cm³/mol. The number of rotatable bonds is 4. The topological polar surface area (TPSA) is 71.3 Å². The number of hydrogen-bond acceptors (Lipinski definition) is 3. The summed E-state index contributed by atoms with van der Waals surface area (Å²) in [5, 5.41) is 9.39. The molecule has 1 saturated carbocycles. The molecular weight excluding hydrogens is 252 g/mol. The predicted octanol–water partition coefficient (Wildman–Crippen LogP) is 0.854. The zero-order valence-electron chi connectivity index (χ0n) is 10.5. The molecule has 6 heteroatoms. The van der Waals surface area contributed by atoms with Crippen molar-refractivity contribution in [3.05, 3.63) is 18.5 Å². The fourth-order valence-electron chi connectivity index (χ4n) is 2.30. The van der Waals surface area contributed by atoms with Crippen molar-refractivity contribution in [3.63, 3.8) is 0 Å². The van der Waals surface area contributed by atoms with Crippen molar-refractivity contribution in [2.24, 2.45) is 13.0 Å². The average molecular weight is 272 g/mol. The lowest BCUT2D eigenvalue weighted by Crippen LogP contribution is -2.32. The van der Waals surface area contributed by atoms with Crippen LogP contribution < -0.4 is 4.72 Å². The molecule has 1 aromatic heterocycles. The van der Waals surface area contributed by atoms with Crippen molar-refractivity contribution in [2.75, 3.05) is 6.54 Å². The molecule has 0 amide bonds. The summed E-state index contributed by atoms with van der Waals surface area (Å²) in [5.74, 6) is 0.340. The fourth-order valence-corrected chi connectivity index (χ4v) is 3.46. The molecule has 0 saturated heterocycles. The summed E-state index contributed by atoms with van der Waals surface area (Å²) in [7, 11) is -1.59. The van der Waals surface area contributed by atoms with Gasteiger partial charge in [0.2, 0.25) is 10.0 Å². The molecule has 0 radical (unpaired) electrons. The second kappa shape index (κ2) is 5.42. The Bertz CT molecular complexity index is 487. The number of aryl methyl sites for hydroxylation is 1. The summed E-state index contributed by atoms with van der Waals surface area (Å²) in [6, 6.07) is 1.59. The highest BCUT2D eigenvalue weighted by atomic mass is 32.2. The smallest absolute Gasteiger partial charge is 0.242 e. The lowest BCUT2D eigenvalue weighted by molar-refractivity contribution is 0.109. The van der Waals surface area contributed by atoms with E-state index in [9.17, 15) is 13.5 Å². The second-order valence-corrected chi connectivity index (χ2v) is 6.81. The van der Waals surface area contributed by atoms with Crippen LogP contribution in [0.3, 0.4) is 0 Å². The maximum atomic E-state index is 12.0. The Hall–Kier alpha value is -0.850. The van der Waals surface area contributed by atoms with Crippen molar-refractivity contribution in [2.45, 2.75) is 36.7 Å². The third-order valence-electron chi connectivity index (χ3n) is 3.49. The lowest BCUT2D eigenvalue weighted by Gasteiger charge is -2.25. The summed E-state index contributed by atoms with van der Waals surface area (Å²) in [6.45, 7) is 0.462. The molecule has 18 heavy (non-hydrogen) atoms. The summed E-state index contributed by atoms with van der Waals surface area (Å²) >= 11 is 0. The molecule has 1 aliphatic rings. The van der Waals surface area contributed by atoms with Gasteiger partial charge < -0.3 is 9.67 Å². The van der Waals surface area contributed by atoms with Crippen molar-refractivity contribution >= 4 is 10.0 Å². The first kappa shape index (κ1) is 13.6. The molecular formula is C12H20N2O3S. The van der Waals surface area contributed by atoms with Gasteiger partial charge in [-0.25, -0.2) is 13.1 Å². The minimum atomic E-state index is -3.39. The summed E-state index contributed by atoms with van der Waals surface area (Å²) < 4.78 is 28.3. The molecule has 102 valence electrons. The van der Waals surface area contributed by atoms with Gasteiger partial charge in [-0.1, -0.05) is 0 Å². The normalized spacial score (nSPS) is 25.2. The van der Waals surface area contributed by atoms with Gasteiger partial charge >= 0.3 is 0 Å². The zero-order chi connectivity index (χ0) is 13.2. The van der Waals surface area contributed by atoms with Gasteiger partial charge in [0.1, 0.15) is 0 Å². The van der Waals surface area contributed by atoms with Crippen LogP contribution in [0, 0.1) is 5.92 Å². The quantitative estimate of drug-likeness (QED) is 0.854. The molecule has 1 fully saturated rings. The van der Waals surface area contributed by atoms with Gasteiger partial charge in [-0.3, -0.25) is 0 Å². The maximum absolute atomic E-state index is 12.0. The molecule has 1 heterocycles. The number of sulfonamides is 1. The molecule has 2 rings (SSSR count). The zero-order valence-corrected chi connectivity index (χ0v) is 11.4. The van der Waals surface area contributed by atoms with Crippen LogP contribution in [0.2, 0.25) is 0 Å². The number of aromatic nitrogens is 1. The molecule has 0 atom stereocenters. The average Bonchev–Trinajstić information content (AvgIpc) is 2.76. The van der Waals surface area contributed by atoms with Crippen LogP contribution in [-0.2, 0) is 17.1 Å². The third-order valence-corrected chi connectivity index (χ3v) is 4.90. The molecule has 1 aliphatic carbocycles. The highest BCUT2D eigenvalue weighted by Gasteiger charge is 2.22. The van der Waals surface area contributed by atoms with Crippen LogP contribution in [0.25, 0.3) is 0 Å². The minimum absolute atomic E-state index is 0.202. The lowest BCUT2D eigenvalue weighted by atomic mass is 9.88. The Kier molecular flexibility index (Phi) is 4.09. The van der Waals surface area contributed by atoms with E-state index in [4.69, 9.17) is 0 Å². The van der Waals surface area contributed by atoms with Gasteiger partial charge in [0.15, 0.2) is 0 Å². The second-order valence-electron chi connectivity index (χ2n) is 5.04. The first-order chi connectivity index (χ1) is 8.47. The number of aliphatic hydroxyl groups is 1. The van der Waals surface area contributed by atoms with Gasteiger partial charge in [0.05, 0.1) is 11.0 Å². The molecule has 1 aromatic rings.